The minimum absolute atomic E-state index is 0.257. The van der Waals surface area contributed by atoms with E-state index in [2.05, 4.69) is 0 Å². The van der Waals surface area contributed by atoms with E-state index < -0.39 is 0 Å². The molecule has 1 aliphatic carbocycles. The van der Waals surface area contributed by atoms with Gasteiger partial charge in [0.2, 0.25) is 0 Å². The third kappa shape index (κ3) is 3.88. The van der Waals surface area contributed by atoms with Crippen LogP contribution in [0.3, 0.4) is 0 Å². The van der Waals surface area contributed by atoms with Gasteiger partial charge >= 0.3 is 0 Å². The fraction of sp³-hybridized carbons (Fsp3) is 0.571. The highest BCUT2D eigenvalue weighted by Gasteiger charge is 2.18. The number of aryl methyl sites for hydroxylation is 1. The first-order valence-corrected chi connectivity index (χ1v) is 6.67. The van der Waals surface area contributed by atoms with Crippen LogP contribution < -0.4 is 4.74 Å². The number of hydrogen-bond acceptors (Lipinski definition) is 1. The number of ether oxygens (including phenoxy) is 1. The molecule has 0 amide bonds. The van der Waals surface area contributed by atoms with Gasteiger partial charge in [0.1, 0.15) is 11.6 Å². The summed E-state index contributed by atoms with van der Waals surface area (Å²) in [5.41, 5.74) is 0.576. The zero-order valence-corrected chi connectivity index (χ0v) is 11.5. The van der Waals surface area contributed by atoms with Crippen molar-refractivity contribution in [3.05, 3.63) is 28.5 Å². The van der Waals surface area contributed by atoms with Crippen LogP contribution in [0.4, 0.5) is 4.39 Å². The topological polar surface area (TPSA) is 9.23 Å². The Morgan fingerprint density at radius 3 is 2.41 bits per heavy atom. The lowest BCUT2D eigenvalue weighted by Crippen LogP contribution is -2.11. The summed E-state index contributed by atoms with van der Waals surface area (Å²) in [6.45, 7) is 5.72. The van der Waals surface area contributed by atoms with Gasteiger partial charge in [-0.3, -0.25) is 0 Å². The van der Waals surface area contributed by atoms with Gasteiger partial charge in [-0.2, -0.15) is 0 Å². The first-order chi connectivity index (χ1) is 8.16. The summed E-state index contributed by atoms with van der Waals surface area (Å²) in [6, 6.07) is 3.00. The van der Waals surface area contributed by atoms with Gasteiger partial charge in [-0.25, -0.2) is 4.39 Å². The van der Waals surface area contributed by atoms with Gasteiger partial charge in [-0.1, -0.05) is 25.4 Å². The van der Waals surface area contributed by atoms with Crippen LogP contribution >= 0.6 is 11.6 Å². The van der Waals surface area contributed by atoms with Crippen LogP contribution in [0.25, 0.3) is 0 Å². The SMILES string of the molecule is CC.Cc1cc(OC2CCCC2)c(Cl)cc1F. The van der Waals surface area contributed by atoms with Crippen molar-refractivity contribution in [1.29, 1.82) is 0 Å². The van der Waals surface area contributed by atoms with E-state index in [1.165, 1.54) is 18.9 Å². The maximum absolute atomic E-state index is 13.1. The summed E-state index contributed by atoms with van der Waals surface area (Å²) >= 11 is 5.91. The van der Waals surface area contributed by atoms with Crippen LogP contribution in [0.15, 0.2) is 12.1 Å². The van der Waals surface area contributed by atoms with E-state index in [0.717, 1.165) is 12.8 Å². The smallest absolute Gasteiger partial charge is 0.138 e. The van der Waals surface area contributed by atoms with E-state index in [1.54, 1.807) is 13.0 Å². The Morgan fingerprint density at radius 2 is 1.82 bits per heavy atom. The fourth-order valence-electron chi connectivity index (χ4n) is 1.91. The number of hydrogen-bond donors (Lipinski definition) is 0. The molecule has 0 heterocycles. The monoisotopic (exact) mass is 258 g/mol. The van der Waals surface area contributed by atoms with Gasteiger partial charge in [0, 0.05) is 0 Å². The Kier molecular flexibility index (Phi) is 5.76. The summed E-state index contributed by atoms with van der Waals surface area (Å²) in [7, 11) is 0. The first-order valence-electron chi connectivity index (χ1n) is 6.29. The molecule has 1 saturated carbocycles. The maximum Gasteiger partial charge on any atom is 0.138 e. The standard InChI is InChI=1S/C12H14ClFO.C2H6/c1-8-6-12(10(13)7-11(8)14)15-9-4-2-3-5-9;1-2/h6-7,9H,2-5H2,1H3;1-2H3. The van der Waals surface area contributed by atoms with Gasteiger partial charge in [0.25, 0.3) is 0 Å². The maximum atomic E-state index is 13.1. The largest absolute Gasteiger partial charge is 0.489 e. The van der Waals surface area contributed by atoms with Crippen molar-refractivity contribution in [2.75, 3.05) is 0 Å². The predicted octanol–water partition coefficient (Wildman–Crippen LogP) is 5.14. The van der Waals surface area contributed by atoms with Crippen molar-refractivity contribution >= 4 is 11.6 Å². The van der Waals surface area contributed by atoms with Gasteiger partial charge < -0.3 is 4.74 Å². The van der Waals surface area contributed by atoms with Gasteiger partial charge in [0.15, 0.2) is 0 Å². The summed E-state index contributed by atoms with van der Waals surface area (Å²) in [6.07, 6.45) is 4.83. The molecular weight excluding hydrogens is 239 g/mol. The molecule has 0 saturated heterocycles. The summed E-state index contributed by atoms with van der Waals surface area (Å²) in [5.74, 6) is 0.334. The Bertz CT molecular complexity index is 359. The van der Waals surface area contributed by atoms with E-state index in [1.807, 2.05) is 13.8 Å². The Balaban J connectivity index is 0.000000686. The van der Waals surface area contributed by atoms with Gasteiger partial charge in [-0.05, 0) is 50.3 Å². The molecule has 0 atom stereocenters. The molecule has 1 aromatic carbocycles. The van der Waals surface area contributed by atoms with E-state index >= 15 is 0 Å². The minimum Gasteiger partial charge on any atom is -0.489 e. The molecule has 0 radical (unpaired) electrons. The lowest BCUT2D eigenvalue weighted by Gasteiger charge is -2.14. The van der Waals surface area contributed by atoms with Crippen LogP contribution in [-0.4, -0.2) is 6.10 Å². The van der Waals surface area contributed by atoms with Crippen molar-refractivity contribution in [1.82, 2.24) is 0 Å². The van der Waals surface area contributed by atoms with Crippen molar-refractivity contribution in [3.8, 4) is 5.75 Å². The van der Waals surface area contributed by atoms with Crippen molar-refractivity contribution in [2.45, 2.75) is 52.6 Å². The van der Waals surface area contributed by atoms with Crippen LogP contribution in [0.2, 0.25) is 5.02 Å². The highest BCUT2D eigenvalue weighted by atomic mass is 35.5. The van der Waals surface area contributed by atoms with Gasteiger partial charge in [-0.15, -0.1) is 0 Å². The average molecular weight is 259 g/mol. The predicted molar refractivity (Wildman–Crippen MR) is 70.4 cm³/mol. The zero-order valence-electron chi connectivity index (χ0n) is 10.7. The van der Waals surface area contributed by atoms with Crippen LogP contribution in [0.1, 0.15) is 45.1 Å². The Hall–Kier alpha value is -0.760. The first kappa shape index (κ1) is 14.3. The fourth-order valence-corrected chi connectivity index (χ4v) is 2.10. The van der Waals surface area contributed by atoms with E-state index in [-0.39, 0.29) is 11.9 Å². The molecule has 0 spiro atoms. The number of benzene rings is 1. The second kappa shape index (κ2) is 6.85. The Labute approximate surface area is 108 Å². The van der Waals surface area contributed by atoms with E-state index in [4.69, 9.17) is 16.3 Å². The molecule has 0 unspecified atom stereocenters. The molecule has 0 aromatic heterocycles. The normalized spacial score (nSPS) is 15.4. The summed E-state index contributed by atoms with van der Waals surface area (Å²) < 4.78 is 18.9. The molecule has 1 aliphatic rings. The molecule has 0 aliphatic heterocycles. The molecule has 3 heteroatoms. The molecule has 2 rings (SSSR count). The second-order valence-corrected chi connectivity index (χ2v) is 4.46. The molecule has 1 fully saturated rings. The highest BCUT2D eigenvalue weighted by Crippen LogP contribution is 2.31. The second-order valence-electron chi connectivity index (χ2n) is 4.06. The van der Waals surface area contributed by atoms with Crippen molar-refractivity contribution in [3.63, 3.8) is 0 Å². The Morgan fingerprint density at radius 1 is 1.24 bits per heavy atom. The lowest BCUT2D eigenvalue weighted by molar-refractivity contribution is 0.210. The van der Waals surface area contributed by atoms with Crippen LogP contribution in [0.5, 0.6) is 5.75 Å². The molecule has 1 nitrogen and oxygen atoms in total. The average Bonchev–Trinajstić information content (AvgIpc) is 2.81. The van der Waals surface area contributed by atoms with Crippen molar-refractivity contribution < 1.29 is 9.13 Å². The highest BCUT2D eigenvalue weighted by molar-refractivity contribution is 6.32. The van der Waals surface area contributed by atoms with Crippen molar-refractivity contribution in [2.24, 2.45) is 0 Å². The summed E-state index contributed by atoms with van der Waals surface area (Å²) in [5, 5.41) is 0.366. The van der Waals surface area contributed by atoms with Gasteiger partial charge in [0.05, 0.1) is 11.1 Å². The number of halogens is 2. The molecule has 0 bridgehead atoms. The van der Waals surface area contributed by atoms with Crippen LogP contribution in [0, 0.1) is 12.7 Å². The third-order valence-corrected chi connectivity index (χ3v) is 3.10. The van der Waals surface area contributed by atoms with E-state index in [9.17, 15) is 4.39 Å². The molecule has 96 valence electrons. The molecule has 17 heavy (non-hydrogen) atoms. The van der Waals surface area contributed by atoms with Crippen LogP contribution in [-0.2, 0) is 0 Å². The minimum atomic E-state index is -0.279. The lowest BCUT2D eigenvalue weighted by atomic mass is 10.2. The quantitative estimate of drug-likeness (QED) is 0.714. The molecule has 0 N–H and O–H groups in total. The summed E-state index contributed by atoms with van der Waals surface area (Å²) in [4.78, 5) is 0. The van der Waals surface area contributed by atoms with E-state index in [0.29, 0.717) is 16.3 Å². The molecular formula is C14H20ClFO. The molecule has 1 aromatic rings. The third-order valence-electron chi connectivity index (χ3n) is 2.81. The number of rotatable bonds is 2. The zero-order chi connectivity index (χ0) is 12.8.